The van der Waals surface area contributed by atoms with Gasteiger partial charge in [-0.25, -0.2) is 0 Å². The molecule has 15 heavy (non-hydrogen) atoms. The Bertz CT molecular complexity index is 318. The molecule has 84 valence electrons. The van der Waals surface area contributed by atoms with Crippen LogP contribution >= 0.6 is 0 Å². The third-order valence-electron chi connectivity index (χ3n) is 2.80. The van der Waals surface area contributed by atoms with Crippen molar-refractivity contribution in [3.8, 4) is 0 Å². The first-order valence-electron chi connectivity index (χ1n) is 5.47. The highest BCUT2D eigenvalue weighted by Gasteiger charge is 2.20. The molecule has 2 nitrogen and oxygen atoms in total. The number of hydrogen-bond donors (Lipinski definition) is 2. The van der Waals surface area contributed by atoms with Gasteiger partial charge in [0.15, 0.2) is 0 Å². The average Bonchev–Trinajstić information content (AvgIpc) is 2.17. The largest absolute Gasteiger partial charge is 0.330 e. The van der Waals surface area contributed by atoms with Crippen molar-refractivity contribution in [2.45, 2.75) is 33.2 Å². The summed E-state index contributed by atoms with van der Waals surface area (Å²) in [7, 11) is 0. The second-order valence-electron chi connectivity index (χ2n) is 5.09. The molecular weight excluding hydrogens is 184 g/mol. The molecule has 0 aliphatic heterocycles. The molecule has 2 heteroatoms. The predicted octanol–water partition coefficient (Wildman–Crippen LogP) is 2.37. The molecule has 0 aliphatic carbocycles. The SMILES string of the molecule is Cc1cccc(C(N)CC(C)(C)CN)c1. The lowest BCUT2D eigenvalue weighted by Gasteiger charge is -2.26. The third kappa shape index (κ3) is 3.65. The molecular formula is C13H22N2. The van der Waals surface area contributed by atoms with Crippen molar-refractivity contribution >= 4 is 0 Å². The molecule has 0 saturated carbocycles. The number of nitrogens with two attached hydrogens (primary N) is 2. The first kappa shape index (κ1) is 12.2. The first-order chi connectivity index (χ1) is 6.94. The van der Waals surface area contributed by atoms with E-state index in [2.05, 4.69) is 45.0 Å². The molecule has 1 unspecified atom stereocenters. The minimum atomic E-state index is 0.0865. The van der Waals surface area contributed by atoms with Crippen LogP contribution in [0.15, 0.2) is 24.3 Å². The maximum Gasteiger partial charge on any atom is 0.0300 e. The quantitative estimate of drug-likeness (QED) is 0.794. The molecule has 0 fully saturated rings. The van der Waals surface area contributed by atoms with Crippen molar-refractivity contribution in [1.29, 1.82) is 0 Å². The summed E-state index contributed by atoms with van der Waals surface area (Å²) < 4.78 is 0. The van der Waals surface area contributed by atoms with Crippen molar-refractivity contribution in [1.82, 2.24) is 0 Å². The molecule has 0 radical (unpaired) electrons. The van der Waals surface area contributed by atoms with E-state index in [9.17, 15) is 0 Å². The summed E-state index contributed by atoms with van der Waals surface area (Å²) >= 11 is 0. The number of hydrogen-bond acceptors (Lipinski definition) is 2. The molecule has 1 rings (SSSR count). The maximum absolute atomic E-state index is 6.17. The summed E-state index contributed by atoms with van der Waals surface area (Å²) in [6.07, 6.45) is 0.924. The molecule has 1 aromatic rings. The fourth-order valence-corrected chi connectivity index (χ4v) is 1.70. The van der Waals surface area contributed by atoms with Gasteiger partial charge in [-0.1, -0.05) is 43.7 Å². The standard InChI is InChI=1S/C13H22N2/c1-10-5-4-6-11(7-10)12(15)8-13(2,3)9-14/h4-7,12H,8-9,14-15H2,1-3H3. The highest BCUT2D eigenvalue weighted by atomic mass is 14.7. The van der Waals surface area contributed by atoms with Crippen LogP contribution in [-0.4, -0.2) is 6.54 Å². The molecule has 0 saturated heterocycles. The highest BCUT2D eigenvalue weighted by Crippen LogP contribution is 2.27. The maximum atomic E-state index is 6.17. The molecule has 0 bridgehead atoms. The van der Waals surface area contributed by atoms with Gasteiger partial charge in [0.1, 0.15) is 0 Å². The fraction of sp³-hybridized carbons (Fsp3) is 0.538. The van der Waals surface area contributed by atoms with E-state index in [1.807, 2.05) is 0 Å². The van der Waals surface area contributed by atoms with Gasteiger partial charge in [-0.15, -0.1) is 0 Å². The molecule has 1 aromatic carbocycles. The number of benzene rings is 1. The summed E-state index contributed by atoms with van der Waals surface area (Å²) in [5, 5.41) is 0. The Morgan fingerprint density at radius 3 is 2.53 bits per heavy atom. The van der Waals surface area contributed by atoms with Crippen molar-refractivity contribution in [2.75, 3.05) is 6.54 Å². The zero-order chi connectivity index (χ0) is 11.5. The van der Waals surface area contributed by atoms with E-state index in [4.69, 9.17) is 11.5 Å². The van der Waals surface area contributed by atoms with Gasteiger partial charge in [-0.3, -0.25) is 0 Å². The van der Waals surface area contributed by atoms with Crippen LogP contribution < -0.4 is 11.5 Å². The van der Waals surface area contributed by atoms with Gasteiger partial charge in [-0.05, 0) is 30.9 Å². The zero-order valence-electron chi connectivity index (χ0n) is 9.96. The summed E-state index contributed by atoms with van der Waals surface area (Å²) in [6.45, 7) is 7.07. The van der Waals surface area contributed by atoms with E-state index in [-0.39, 0.29) is 11.5 Å². The van der Waals surface area contributed by atoms with E-state index < -0.39 is 0 Å². The average molecular weight is 206 g/mol. The molecule has 1 atom stereocenters. The van der Waals surface area contributed by atoms with Gasteiger partial charge in [-0.2, -0.15) is 0 Å². The van der Waals surface area contributed by atoms with Crippen LogP contribution in [0.2, 0.25) is 0 Å². The lowest BCUT2D eigenvalue weighted by atomic mass is 9.84. The monoisotopic (exact) mass is 206 g/mol. The van der Waals surface area contributed by atoms with Gasteiger partial charge < -0.3 is 11.5 Å². The Hall–Kier alpha value is -0.860. The number of rotatable bonds is 4. The summed E-state index contributed by atoms with van der Waals surface area (Å²) in [6, 6.07) is 8.47. The fourth-order valence-electron chi connectivity index (χ4n) is 1.70. The second-order valence-corrected chi connectivity index (χ2v) is 5.09. The lowest BCUT2D eigenvalue weighted by molar-refractivity contribution is 0.317. The number of aryl methyl sites for hydroxylation is 1. The topological polar surface area (TPSA) is 52.0 Å². The van der Waals surface area contributed by atoms with Crippen molar-refractivity contribution in [3.05, 3.63) is 35.4 Å². The predicted molar refractivity (Wildman–Crippen MR) is 65.6 cm³/mol. The van der Waals surface area contributed by atoms with Crippen LogP contribution in [0.3, 0.4) is 0 Å². The summed E-state index contributed by atoms with van der Waals surface area (Å²) in [5.41, 5.74) is 14.5. The van der Waals surface area contributed by atoms with E-state index in [1.165, 1.54) is 11.1 Å². The zero-order valence-corrected chi connectivity index (χ0v) is 9.96. The molecule has 0 aromatic heterocycles. The van der Waals surface area contributed by atoms with Crippen molar-refractivity contribution in [2.24, 2.45) is 16.9 Å². The van der Waals surface area contributed by atoms with Crippen LogP contribution in [0.1, 0.15) is 37.4 Å². The van der Waals surface area contributed by atoms with Gasteiger partial charge in [0, 0.05) is 6.04 Å². The minimum absolute atomic E-state index is 0.0865. The molecule has 0 spiro atoms. The van der Waals surface area contributed by atoms with Gasteiger partial charge in [0.05, 0.1) is 0 Å². The third-order valence-corrected chi connectivity index (χ3v) is 2.80. The Labute approximate surface area is 92.7 Å². The van der Waals surface area contributed by atoms with Crippen molar-refractivity contribution < 1.29 is 0 Å². The van der Waals surface area contributed by atoms with Gasteiger partial charge in [0.2, 0.25) is 0 Å². The van der Waals surface area contributed by atoms with Crippen LogP contribution in [0.4, 0.5) is 0 Å². The van der Waals surface area contributed by atoms with Gasteiger partial charge in [0.25, 0.3) is 0 Å². The van der Waals surface area contributed by atoms with Gasteiger partial charge >= 0.3 is 0 Å². The van der Waals surface area contributed by atoms with E-state index >= 15 is 0 Å². The van der Waals surface area contributed by atoms with Crippen LogP contribution in [0.25, 0.3) is 0 Å². The normalized spacial score (nSPS) is 13.9. The minimum Gasteiger partial charge on any atom is -0.330 e. The Kier molecular flexibility index (Phi) is 3.89. The lowest BCUT2D eigenvalue weighted by Crippen LogP contribution is -2.28. The van der Waals surface area contributed by atoms with E-state index in [0.717, 1.165) is 6.42 Å². The first-order valence-corrected chi connectivity index (χ1v) is 5.47. The molecule has 4 N–H and O–H groups in total. The van der Waals surface area contributed by atoms with Crippen LogP contribution in [0, 0.1) is 12.3 Å². The molecule has 0 aliphatic rings. The van der Waals surface area contributed by atoms with Crippen LogP contribution in [-0.2, 0) is 0 Å². The second kappa shape index (κ2) is 4.77. The van der Waals surface area contributed by atoms with E-state index in [0.29, 0.717) is 6.54 Å². The smallest absolute Gasteiger partial charge is 0.0300 e. The van der Waals surface area contributed by atoms with Crippen molar-refractivity contribution in [3.63, 3.8) is 0 Å². The summed E-state index contributed by atoms with van der Waals surface area (Å²) in [5.74, 6) is 0. The summed E-state index contributed by atoms with van der Waals surface area (Å²) in [4.78, 5) is 0. The Morgan fingerprint density at radius 1 is 1.33 bits per heavy atom. The van der Waals surface area contributed by atoms with E-state index in [1.54, 1.807) is 0 Å². The Morgan fingerprint density at radius 2 is 2.00 bits per heavy atom. The molecule has 0 amide bonds. The Balaban J connectivity index is 2.73. The molecule has 0 heterocycles. The van der Waals surface area contributed by atoms with Crippen LogP contribution in [0.5, 0.6) is 0 Å². The highest BCUT2D eigenvalue weighted by molar-refractivity contribution is 5.24.